The first-order valence-corrected chi connectivity index (χ1v) is 10.9. The minimum atomic E-state index is -0.970. The maximum Gasteiger partial charge on any atom is 0.343 e. The van der Waals surface area contributed by atoms with Crippen molar-refractivity contribution < 1.29 is 24.6 Å². The number of amides is 3. The molecule has 0 bridgehead atoms. The number of aryl methyl sites for hydroxylation is 1. The van der Waals surface area contributed by atoms with E-state index >= 15 is 0 Å². The van der Waals surface area contributed by atoms with Gasteiger partial charge in [-0.1, -0.05) is 50.7 Å². The Hall–Kier alpha value is -2.94. The Morgan fingerprint density at radius 2 is 1.61 bits per heavy atom. The summed E-state index contributed by atoms with van der Waals surface area (Å²) in [6.07, 6.45) is 0.00935. The number of aliphatic hydroxyl groups is 1. The average molecular weight is 458 g/mol. The third-order valence-corrected chi connectivity index (χ3v) is 5.61. The molecule has 0 aliphatic carbocycles. The van der Waals surface area contributed by atoms with Gasteiger partial charge in [0.15, 0.2) is 0 Å². The number of urea groups is 1. The summed E-state index contributed by atoms with van der Waals surface area (Å²) in [5.41, 5.74) is 3.75. The van der Waals surface area contributed by atoms with E-state index in [0.717, 1.165) is 17.5 Å². The Balaban J connectivity index is 0.00000385. The van der Waals surface area contributed by atoms with Gasteiger partial charge in [0.25, 0.3) is 5.91 Å². The first-order valence-electron chi connectivity index (χ1n) is 10.9. The van der Waals surface area contributed by atoms with E-state index in [9.17, 15) is 19.9 Å². The van der Waals surface area contributed by atoms with Crippen LogP contribution >= 0.6 is 0 Å². The van der Waals surface area contributed by atoms with Crippen LogP contribution in [0.25, 0.3) is 11.1 Å². The van der Waals surface area contributed by atoms with Crippen molar-refractivity contribution >= 4 is 11.9 Å². The molecule has 2 aromatic rings. The number of rotatable bonds is 7. The van der Waals surface area contributed by atoms with Crippen molar-refractivity contribution in [3.05, 3.63) is 59.7 Å². The summed E-state index contributed by atoms with van der Waals surface area (Å²) in [4.78, 5) is 26.6. The zero-order chi connectivity index (χ0) is 23.1. The van der Waals surface area contributed by atoms with Gasteiger partial charge in [0, 0.05) is 18.7 Å². The van der Waals surface area contributed by atoms with Crippen LogP contribution in [-0.4, -0.2) is 77.2 Å². The maximum atomic E-state index is 12.7. The summed E-state index contributed by atoms with van der Waals surface area (Å²) in [5, 5.41) is 23.5. The van der Waals surface area contributed by atoms with Crippen molar-refractivity contribution in [2.24, 2.45) is 0 Å². The molecule has 0 unspecified atom stereocenters. The topological polar surface area (TPSA) is 102 Å². The molecule has 0 saturated carbocycles. The number of benzene rings is 2. The number of hydroxylamine groups is 2. The fraction of sp³-hybridized carbons (Fsp3) is 0.440. The Bertz CT molecular complexity index is 893. The van der Waals surface area contributed by atoms with E-state index in [1.165, 1.54) is 17.4 Å². The van der Waals surface area contributed by atoms with Crippen molar-refractivity contribution in [1.29, 1.82) is 0 Å². The molecule has 1 aliphatic heterocycles. The first kappa shape index (κ1) is 26.3. The van der Waals surface area contributed by atoms with E-state index in [1.807, 2.05) is 12.1 Å². The molecule has 3 amide bonds. The van der Waals surface area contributed by atoms with Crippen LogP contribution in [0.4, 0.5) is 4.79 Å². The SMILES string of the molecule is C.CCc1ccc(-c2ccc(C(=O)N[C@H](CN(O)C(=O)N3CCOCC3)[C@@H](C)O)cc2)cc1. The third kappa shape index (κ3) is 7.02. The Morgan fingerprint density at radius 3 is 2.12 bits per heavy atom. The molecular weight excluding hydrogens is 422 g/mol. The van der Waals surface area contributed by atoms with Crippen molar-refractivity contribution in [3.63, 3.8) is 0 Å². The van der Waals surface area contributed by atoms with Crippen LogP contribution in [0.2, 0.25) is 0 Å². The molecule has 33 heavy (non-hydrogen) atoms. The number of ether oxygens (including phenoxy) is 1. The van der Waals surface area contributed by atoms with Gasteiger partial charge in [-0.3, -0.25) is 10.0 Å². The van der Waals surface area contributed by atoms with Gasteiger partial charge in [0.1, 0.15) is 0 Å². The van der Waals surface area contributed by atoms with Crippen molar-refractivity contribution in [1.82, 2.24) is 15.3 Å². The highest BCUT2D eigenvalue weighted by Crippen LogP contribution is 2.20. The molecule has 8 nitrogen and oxygen atoms in total. The number of aliphatic hydroxyl groups excluding tert-OH is 1. The van der Waals surface area contributed by atoms with Gasteiger partial charge in [0.05, 0.1) is 31.9 Å². The smallest absolute Gasteiger partial charge is 0.343 e. The molecule has 2 aromatic carbocycles. The molecule has 3 N–H and O–H groups in total. The average Bonchev–Trinajstić information content (AvgIpc) is 2.83. The van der Waals surface area contributed by atoms with Crippen LogP contribution in [-0.2, 0) is 11.2 Å². The Kier molecular flexibility index (Phi) is 9.84. The van der Waals surface area contributed by atoms with Crippen LogP contribution in [0.3, 0.4) is 0 Å². The fourth-order valence-electron chi connectivity index (χ4n) is 3.50. The standard InChI is InChI=1S/C24H31N3O5.CH4/c1-3-18-4-6-19(7-5-18)20-8-10-21(11-9-20)23(29)25-22(17(2)28)16-27(31)24(30)26-12-14-32-15-13-26;/h4-11,17,22,28,31H,3,12-16H2,1-2H3,(H,25,29);1H4/t17-,22-;/m1./s1. The quantitative estimate of drug-likeness (QED) is 0.438. The van der Waals surface area contributed by atoms with Gasteiger partial charge < -0.3 is 20.1 Å². The number of hydrogen-bond acceptors (Lipinski definition) is 5. The molecule has 1 fully saturated rings. The highest BCUT2D eigenvalue weighted by molar-refractivity contribution is 5.95. The van der Waals surface area contributed by atoms with Gasteiger partial charge >= 0.3 is 6.03 Å². The number of nitrogens with one attached hydrogen (secondary N) is 1. The number of hydrogen-bond donors (Lipinski definition) is 3. The fourth-order valence-corrected chi connectivity index (χ4v) is 3.50. The molecule has 1 heterocycles. The second-order valence-electron chi connectivity index (χ2n) is 7.91. The van der Waals surface area contributed by atoms with E-state index in [-0.39, 0.29) is 14.0 Å². The van der Waals surface area contributed by atoms with Crippen LogP contribution in [0.5, 0.6) is 0 Å². The summed E-state index contributed by atoms with van der Waals surface area (Å²) < 4.78 is 5.21. The largest absolute Gasteiger partial charge is 0.391 e. The zero-order valence-electron chi connectivity index (χ0n) is 18.5. The summed E-state index contributed by atoms with van der Waals surface area (Å²) in [7, 11) is 0. The highest BCUT2D eigenvalue weighted by atomic mass is 16.5. The molecule has 180 valence electrons. The minimum absolute atomic E-state index is 0. The lowest BCUT2D eigenvalue weighted by atomic mass is 10.0. The lowest BCUT2D eigenvalue weighted by Gasteiger charge is -2.32. The van der Waals surface area contributed by atoms with Gasteiger partial charge in [-0.15, -0.1) is 0 Å². The van der Waals surface area contributed by atoms with Crippen LogP contribution in [0.15, 0.2) is 48.5 Å². The highest BCUT2D eigenvalue weighted by Gasteiger charge is 2.27. The van der Waals surface area contributed by atoms with Gasteiger partial charge in [0.2, 0.25) is 0 Å². The summed E-state index contributed by atoms with van der Waals surface area (Å²) in [5.74, 6) is -0.393. The molecule has 0 radical (unpaired) electrons. The Labute approximate surface area is 195 Å². The third-order valence-electron chi connectivity index (χ3n) is 5.61. The summed E-state index contributed by atoms with van der Waals surface area (Å²) in [6.45, 7) is 4.97. The zero-order valence-corrected chi connectivity index (χ0v) is 18.5. The van der Waals surface area contributed by atoms with Crippen molar-refractivity contribution in [3.8, 4) is 11.1 Å². The normalized spacial score (nSPS) is 15.2. The monoisotopic (exact) mass is 457 g/mol. The van der Waals surface area contributed by atoms with Crippen molar-refractivity contribution in [2.75, 3.05) is 32.8 Å². The molecule has 1 saturated heterocycles. The van der Waals surface area contributed by atoms with E-state index in [0.29, 0.717) is 36.9 Å². The molecule has 3 rings (SSSR count). The number of carbonyl (C=O) groups excluding carboxylic acids is 2. The molecule has 2 atom stereocenters. The van der Waals surface area contributed by atoms with Gasteiger partial charge in [-0.05, 0) is 42.2 Å². The van der Waals surface area contributed by atoms with E-state index in [4.69, 9.17) is 4.74 Å². The van der Waals surface area contributed by atoms with E-state index in [1.54, 1.807) is 12.1 Å². The van der Waals surface area contributed by atoms with Crippen LogP contribution in [0, 0.1) is 0 Å². The summed E-state index contributed by atoms with van der Waals surface area (Å²) >= 11 is 0. The van der Waals surface area contributed by atoms with E-state index < -0.39 is 24.1 Å². The van der Waals surface area contributed by atoms with E-state index in [2.05, 4.69) is 36.5 Å². The molecule has 1 aliphatic rings. The predicted molar refractivity (Wildman–Crippen MR) is 127 cm³/mol. The van der Waals surface area contributed by atoms with Crippen molar-refractivity contribution in [2.45, 2.75) is 39.8 Å². The Morgan fingerprint density at radius 1 is 1.06 bits per heavy atom. The van der Waals surface area contributed by atoms with Gasteiger partial charge in [-0.25, -0.2) is 9.86 Å². The second-order valence-corrected chi connectivity index (χ2v) is 7.91. The predicted octanol–water partition coefficient (Wildman–Crippen LogP) is 3.17. The molecular formula is C25H35N3O5. The number of carbonyl (C=O) groups is 2. The molecule has 0 spiro atoms. The lowest BCUT2D eigenvalue weighted by Crippen LogP contribution is -2.54. The van der Waals surface area contributed by atoms with Crippen LogP contribution in [0.1, 0.15) is 37.2 Å². The minimum Gasteiger partial charge on any atom is -0.391 e. The molecule has 0 aromatic heterocycles. The van der Waals surface area contributed by atoms with Gasteiger partial charge in [-0.2, -0.15) is 0 Å². The maximum absolute atomic E-state index is 12.7. The number of nitrogens with zero attached hydrogens (tertiary/aromatic N) is 2. The lowest BCUT2D eigenvalue weighted by molar-refractivity contribution is -0.0769. The molecule has 8 heteroatoms. The summed E-state index contributed by atoms with van der Waals surface area (Å²) in [6, 6.07) is 14.0. The number of morpholine rings is 1. The first-order chi connectivity index (χ1) is 15.4. The second kappa shape index (κ2) is 12.3. The van der Waals surface area contributed by atoms with Crippen LogP contribution < -0.4 is 5.32 Å².